The molecule has 6 heteroatoms. The molecule has 0 bridgehead atoms. The lowest BCUT2D eigenvalue weighted by Crippen LogP contribution is -2.48. The zero-order chi connectivity index (χ0) is 14.9. The number of aliphatic hydroxyl groups is 1. The highest BCUT2D eigenvalue weighted by Gasteiger charge is 2.43. The molecule has 0 saturated heterocycles. The lowest BCUT2D eigenvalue weighted by molar-refractivity contribution is -0.129. The van der Waals surface area contributed by atoms with Crippen LogP contribution in [0.15, 0.2) is 4.52 Å². The highest BCUT2D eigenvalue weighted by atomic mass is 16.5. The van der Waals surface area contributed by atoms with Gasteiger partial charge in [0.15, 0.2) is 5.82 Å². The number of hydrogen-bond acceptors (Lipinski definition) is 5. The molecular formula is C15H23N3O3. The molecule has 1 aromatic rings. The maximum Gasteiger partial charge on any atom is 0.226 e. The molecule has 0 radical (unpaired) electrons. The molecule has 2 atom stereocenters. The molecule has 21 heavy (non-hydrogen) atoms. The quantitative estimate of drug-likeness (QED) is 0.881. The molecule has 0 aromatic carbocycles. The molecule has 2 unspecified atom stereocenters. The highest BCUT2D eigenvalue weighted by Crippen LogP contribution is 2.38. The minimum absolute atomic E-state index is 0.0650. The molecule has 116 valence electrons. The highest BCUT2D eigenvalue weighted by molar-refractivity contribution is 5.80. The maximum absolute atomic E-state index is 12.5. The van der Waals surface area contributed by atoms with Crippen LogP contribution in [0, 0.1) is 5.92 Å². The van der Waals surface area contributed by atoms with E-state index in [0.717, 1.165) is 38.5 Å². The van der Waals surface area contributed by atoms with Gasteiger partial charge < -0.3 is 14.9 Å². The van der Waals surface area contributed by atoms with Crippen molar-refractivity contribution in [2.45, 2.75) is 69.9 Å². The fourth-order valence-corrected chi connectivity index (χ4v) is 3.55. The lowest BCUT2D eigenvalue weighted by atomic mass is 9.94. The number of nitrogens with one attached hydrogen (secondary N) is 1. The van der Waals surface area contributed by atoms with Crippen LogP contribution in [0.3, 0.4) is 0 Å². The minimum atomic E-state index is -0.514. The minimum Gasteiger partial charge on any atom is -0.392 e. The van der Waals surface area contributed by atoms with E-state index >= 15 is 0 Å². The standard InChI is InChI=1S/C15H23N3O3/c1-2-12-16-14(18-21-12)15(8-3-4-9-15)17-13(20)10-6-5-7-11(10)19/h10-11,19H,2-9H2,1H3,(H,17,20). The van der Waals surface area contributed by atoms with E-state index in [1.807, 2.05) is 6.92 Å². The third-order valence-corrected chi connectivity index (χ3v) is 4.83. The number of aliphatic hydroxyl groups excluding tert-OH is 1. The second kappa shape index (κ2) is 5.75. The van der Waals surface area contributed by atoms with Crippen molar-refractivity contribution in [2.75, 3.05) is 0 Å². The number of aryl methyl sites for hydroxylation is 1. The first-order chi connectivity index (χ1) is 10.1. The number of carbonyl (C=O) groups excluding carboxylic acids is 1. The molecule has 6 nitrogen and oxygen atoms in total. The summed E-state index contributed by atoms with van der Waals surface area (Å²) in [6.07, 6.45) is 6.33. The van der Waals surface area contributed by atoms with Gasteiger partial charge in [0, 0.05) is 6.42 Å². The number of amides is 1. The summed E-state index contributed by atoms with van der Waals surface area (Å²) < 4.78 is 5.22. The van der Waals surface area contributed by atoms with E-state index in [4.69, 9.17) is 4.52 Å². The molecule has 2 aliphatic rings. The molecule has 3 rings (SSSR count). The second-order valence-corrected chi connectivity index (χ2v) is 6.25. The van der Waals surface area contributed by atoms with Crippen molar-refractivity contribution in [2.24, 2.45) is 5.92 Å². The summed E-state index contributed by atoms with van der Waals surface area (Å²) in [6, 6.07) is 0. The van der Waals surface area contributed by atoms with Crippen LogP contribution in [0.4, 0.5) is 0 Å². The lowest BCUT2D eigenvalue weighted by Gasteiger charge is -2.29. The van der Waals surface area contributed by atoms with Crippen molar-refractivity contribution in [1.82, 2.24) is 15.5 Å². The van der Waals surface area contributed by atoms with Gasteiger partial charge in [-0.1, -0.05) is 24.9 Å². The number of hydrogen-bond donors (Lipinski definition) is 2. The largest absolute Gasteiger partial charge is 0.392 e. The van der Waals surface area contributed by atoms with E-state index in [2.05, 4.69) is 15.5 Å². The van der Waals surface area contributed by atoms with E-state index < -0.39 is 11.6 Å². The van der Waals surface area contributed by atoms with Crippen molar-refractivity contribution in [3.8, 4) is 0 Å². The van der Waals surface area contributed by atoms with E-state index in [-0.39, 0.29) is 11.8 Å². The summed E-state index contributed by atoms with van der Waals surface area (Å²) in [6.45, 7) is 1.96. The summed E-state index contributed by atoms with van der Waals surface area (Å²) in [7, 11) is 0. The van der Waals surface area contributed by atoms with Gasteiger partial charge in [-0.3, -0.25) is 4.79 Å². The predicted molar refractivity (Wildman–Crippen MR) is 75.3 cm³/mol. The third kappa shape index (κ3) is 2.69. The van der Waals surface area contributed by atoms with Gasteiger partial charge in [0.1, 0.15) is 5.54 Å². The predicted octanol–water partition coefficient (Wildman–Crippen LogP) is 1.68. The molecule has 0 spiro atoms. The molecule has 2 saturated carbocycles. The van der Waals surface area contributed by atoms with Crippen LogP contribution >= 0.6 is 0 Å². The Morgan fingerprint density at radius 1 is 1.38 bits per heavy atom. The van der Waals surface area contributed by atoms with Crippen LogP contribution in [-0.2, 0) is 16.8 Å². The first-order valence-corrected chi connectivity index (χ1v) is 7.98. The molecule has 2 fully saturated rings. The van der Waals surface area contributed by atoms with Gasteiger partial charge in [0.25, 0.3) is 0 Å². The Balaban J connectivity index is 1.79. The van der Waals surface area contributed by atoms with Gasteiger partial charge in [-0.05, 0) is 32.1 Å². The SMILES string of the molecule is CCc1nc(C2(NC(=O)C3CCCC3O)CCCC2)no1. The average molecular weight is 293 g/mol. The van der Waals surface area contributed by atoms with Gasteiger partial charge in [-0.25, -0.2) is 0 Å². The Kier molecular flexibility index (Phi) is 3.97. The Labute approximate surface area is 124 Å². The van der Waals surface area contributed by atoms with Crippen LogP contribution in [0.2, 0.25) is 0 Å². The van der Waals surface area contributed by atoms with Crippen LogP contribution < -0.4 is 5.32 Å². The number of aromatic nitrogens is 2. The van der Waals surface area contributed by atoms with Crippen LogP contribution in [0.25, 0.3) is 0 Å². The van der Waals surface area contributed by atoms with Crippen molar-refractivity contribution >= 4 is 5.91 Å². The Bertz CT molecular complexity index is 508. The number of carbonyl (C=O) groups is 1. The summed E-state index contributed by atoms with van der Waals surface area (Å²) in [4.78, 5) is 16.9. The van der Waals surface area contributed by atoms with Crippen LogP contribution in [0.1, 0.15) is 63.6 Å². The molecule has 0 aliphatic heterocycles. The zero-order valence-electron chi connectivity index (χ0n) is 12.5. The topological polar surface area (TPSA) is 88.2 Å². The van der Waals surface area contributed by atoms with Gasteiger partial charge in [-0.2, -0.15) is 4.98 Å². The van der Waals surface area contributed by atoms with Gasteiger partial charge in [-0.15, -0.1) is 0 Å². The molecule has 2 N–H and O–H groups in total. The van der Waals surface area contributed by atoms with E-state index in [1.165, 1.54) is 0 Å². The zero-order valence-corrected chi connectivity index (χ0v) is 12.5. The summed E-state index contributed by atoms with van der Waals surface area (Å²) in [5.74, 6) is 0.842. The maximum atomic E-state index is 12.5. The molecule has 1 amide bonds. The van der Waals surface area contributed by atoms with E-state index in [0.29, 0.717) is 24.6 Å². The summed E-state index contributed by atoms with van der Waals surface area (Å²) in [5, 5.41) is 17.1. The van der Waals surface area contributed by atoms with Crippen molar-refractivity contribution in [3.05, 3.63) is 11.7 Å². The van der Waals surface area contributed by atoms with E-state index in [1.54, 1.807) is 0 Å². The fraction of sp³-hybridized carbons (Fsp3) is 0.800. The number of nitrogens with zero attached hydrogens (tertiary/aromatic N) is 2. The Hall–Kier alpha value is -1.43. The second-order valence-electron chi connectivity index (χ2n) is 6.25. The Morgan fingerprint density at radius 3 is 2.71 bits per heavy atom. The fourth-order valence-electron chi connectivity index (χ4n) is 3.55. The summed E-state index contributed by atoms with van der Waals surface area (Å²) >= 11 is 0. The van der Waals surface area contributed by atoms with E-state index in [9.17, 15) is 9.90 Å². The normalized spacial score (nSPS) is 27.9. The van der Waals surface area contributed by atoms with Crippen molar-refractivity contribution in [3.63, 3.8) is 0 Å². The smallest absolute Gasteiger partial charge is 0.226 e. The molecule has 1 heterocycles. The van der Waals surface area contributed by atoms with Gasteiger partial charge in [0.2, 0.25) is 11.8 Å². The first kappa shape index (κ1) is 14.5. The molecule has 1 aromatic heterocycles. The molecular weight excluding hydrogens is 270 g/mol. The van der Waals surface area contributed by atoms with Gasteiger partial charge >= 0.3 is 0 Å². The van der Waals surface area contributed by atoms with Crippen molar-refractivity contribution in [1.29, 1.82) is 0 Å². The first-order valence-electron chi connectivity index (χ1n) is 7.98. The number of rotatable bonds is 4. The van der Waals surface area contributed by atoms with Crippen molar-refractivity contribution < 1.29 is 14.4 Å². The van der Waals surface area contributed by atoms with Crippen LogP contribution in [-0.4, -0.2) is 27.3 Å². The monoisotopic (exact) mass is 293 g/mol. The van der Waals surface area contributed by atoms with Crippen LogP contribution in [0.5, 0.6) is 0 Å². The molecule has 2 aliphatic carbocycles. The van der Waals surface area contributed by atoms with Gasteiger partial charge in [0.05, 0.1) is 12.0 Å². The Morgan fingerprint density at radius 2 is 2.14 bits per heavy atom. The summed E-state index contributed by atoms with van der Waals surface area (Å²) in [5.41, 5.74) is -0.504. The average Bonchev–Trinajstić information content (AvgIpc) is 3.17. The third-order valence-electron chi connectivity index (χ3n) is 4.83.